The van der Waals surface area contributed by atoms with Gasteiger partial charge >= 0.3 is 0 Å². The molecule has 0 radical (unpaired) electrons. The van der Waals surface area contributed by atoms with Crippen LogP contribution in [-0.2, 0) is 0 Å². The van der Waals surface area contributed by atoms with E-state index in [0.717, 1.165) is 22.2 Å². The lowest BCUT2D eigenvalue weighted by Crippen LogP contribution is -1.85. The zero-order valence-corrected chi connectivity index (χ0v) is 9.11. The lowest BCUT2D eigenvalue weighted by Gasteiger charge is -2.01. The van der Waals surface area contributed by atoms with Gasteiger partial charge in [-0.3, -0.25) is 15.1 Å². The molecule has 0 aliphatic rings. The molecule has 0 unspecified atom stereocenters. The second kappa shape index (κ2) is 4.28. The molecular weight excluding hydrogens is 224 g/mol. The van der Waals surface area contributed by atoms with Gasteiger partial charge in [-0.1, -0.05) is 0 Å². The van der Waals surface area contributed by atoms with E-state index in [-0.39, 0.29) is 12.4 Å². The molecule has 0 aliphatic carbocycles. The van der Waals surface area contributed by atoms with E-state index >= 15 is 0 Å². The van der Waals surface area contributed by atoms with Crippen LogP contribution in [0.2, 0.25) is 0 Å². The van der Waals surface area contributed by atoms with Gasteiger partial charge < -0.3 is 0 Å². The van der Waals surface area contributed by atoms with E-state index in [1.54, 1.807) is 18.6 Å². The van der Waals surface area contributed by atoms with E-state index in [9.17, 15) is 0 Å². The first-order valence-electron chi connectivity index (χ1n) is 4.64. The van der Waals surface area contributed by atoms with Crippen molar-refractivity contribution in [2.24, 2.45) is 0 Å². The summed E-state index contributed by atoms with van der Waals surface area (Å²) in [4.78, 5) is 8.63. The summed E-state index contributed by atoms with van der Waals surface area (Å²) < 4.78 is 0. The van der Waals surface area contributed by atoms with E-state index in [1.807, 2.05) is 24.4 Å². The Labute approximate surface area is 98.2 Å². The Kier molecular flexibility index (Phi) is 2.83. The van der Waals surface area contributed by atoms with Crippen LogP contribution in [0.25, 0.3) is 22.2 Å². The van der Waals surface area contributed by atoms with E-state index in [1.165, 1.54) is 0 Å². The second-order valence-corrected chi connectivity index (χ2v) is 3.22. The fourth-order valence-corrected chi connectivity index (χ4v) is 1.61. The Hall–Kier alpha value is -1.94. The van der Waals surface area contributed by atoms with Crippen molar-refractivity contribution < 1.29 is 0 Å². The van der Waals surface area contributed by atoms with Gasteiger partial charge in [-0.2, -0.15) is 5.10 Å². The first-order valence-corrected chi connectivity index (χ1v) is 4.64. The van der Waals surface area contributed by atoms with Gasteiger partial charge in [-0.25, -0.2) is 0 Å². The molecule has 0 atom stereocenters. The van der Waals surface area contributed by atoms with Crippen LogP contribution in [0.5, 0.6) is 0 Å². The largest absolute Gasteiger partial charge is 0.285 e. The highest BCUT2D eigenvalue weighted by Crippen LogP contribution is 2.23. The molecule has 3 aromatic heterocycles. The smallest absolute Gasteiger partial charge is 0.0827 e. The molecule has 0 bridgehead atoms. The Bertz CT molecular complexity index is 587. The highest BCUT2D eigenvalue weighted by Gasteiger charge is 2.05. The van der Waals surface area contributed by atoms with E-state index in [2.05, 4.69) is 20.2 Å². The van der Waals surface area contributed by atoms with Crippen LogP contribution in [0.4, 0.5) is 0 Å². The third kappa shape index (κ3) is 1.63. The molecule has 0 spiro atoms. The molecule has 0 fully saturated rings. The number of hydrogen-bond acceptors (Lipinski definition) is 3. The minimum absolute atomic E-state index is 0. The van der Waals surface area contributed by atoms with Crippen LogP contribution >= 0.6 is 12.4 Å². The summed E-state index contributed by atoms with van der Waals surface area (Å²) in [5.41, 5.74) is 2.84. The minimum Gasteiger partial charge on any atom is -0.285 e. The predicted octanol–water partition coefficient (Wildman–Crippen LogP) is 2.44. The summed E-state index contributed by atoms with van der Waals surface area (Å²) in [5, 5.41) is 7.75. The number of pyridine rings is 2. The van der Waals surface area contributed by atoms with Crippen molar-refractivity contribution in [1.29, 1.82) is 0 Å². The normalized spacial score (nSPS) is 10.0. The predicted molar refractivity (Wildman–Crippen MR) is 64.4 cm³/mol. The van der Waals surface area contributed by atoms with Crippen LogP contribution in [0.3, 0.4) is 0 Å². The molecule has 0 saturated heterocycles. The number of hydrogen-bond donors (Lipinski definition) is 1. The molecule has 4 nitrogen and oxygen atoms in total. The second-order valence-electron chi connectivity index (χ2n) is 3.22. The topological polar surface area (TPSA) is 54.5 Å². The molecule has 80 valence electrons. The third-order valence-electron chi connectivity index (χ3n) is 2.30. The summed E-state index contributed by atoms with van der Waals surface area (Å²) in [5.74, 6) is 0. The van der Waals surface area contributed by atoms with Crippen molar-refractivity contribution in [3.63, 3.8) is 0 Å². The molecule has 0 amide bonds. The maximum atomic E-state index is 4.35. The number of aromatic nitrogens is 4. The van der Waals surface area contributed by atoms with Gasteiger partial charge in [0.15, 0.2) is 0 Å². The maximum absolute atomic E-state index is 4.35. The van der Waals surface area contributed by atoms with Crippen LogP contribution < -0.4 is 0 Å². The van der Waals surface area contributed by atoms with Crippen molar-refractivity contribution in [2.75, 3.05) is 0 Å². The van der Waals surface area contributed by atoms with Crippen LogP contribution in [-0.4, -0.2) is 20.2 Å². The van der Waals surface area contributed by atoms with Crippen LogP contribution in [0.1, 0.15) is 0 Å². The fraction of sp³-hybridized carbons (Fsp3) is 0. The molecular formula is C11H9ClN4. The van der Waals surface area contributed by atoms with Gasteiger partial charge in [0.05, 0.1) is 17.4 Å². The van der Waals surface area contributed by atoms with Crippen LogP contribution in [0, 0.1) is 0 Å². The number of fused-ring (bicyclic) bond motifs is 1. The van der Waals surface area contributed by atoms with Gasteiger partial charge in [0, 0.05) is 29.5 Å². The third-order valence-corrected chi connectivity index (χ3v) is 2.30. The van der Waals surface area contributed by atoms with Crippen molar-refractivity contribution in [3.8, 4) is 11.3 Å². The Balaban J connectivity index is 0.000000963. The summed E-state index contributed by atoms with van der Waals surface area (Å²) >= 11 is 0. The Morgan fingerprint density at radius 2 is 2.00 bits per heavy atom. The summed E-state index contributed by atoms with van der Waals surface area (Å²) in [6, 6.07) is 5.82. The molecule has 3 rings (SSSR count). The van der Waals surface area contributed by atoms with Gasteiger partial charge in [0.25, 0.3) is 0 Å². The van der Waals surface area contributed by atoms with Crippen molar-refractivity contribution in [1.82, 2.24) is 20.2 Å². The summed E-state index contributed by atoms with van der Waals surface area (Å²) in [6.45, 7) is 0. The summed E-state index contributed by atoms with van der Waals surface area (Å²) in [6.07, 6.45) is 7.13. The average Bonchev–Trinajstić information content (AvgIpc) is 2.82. The van der Waals surface area contributed by atoms with E-state index in [4.69, 9.17) is 0 Å². The number of H-pyrrole nitrogens is 1. The molecule has 16 heavy (non-hydrogen) atoms. The molecule has 3 heterocycles. The number of nitrogens with zero attached hydrogens (tertiary/aromatic N) is 3. The minimum atomic E-state index is 0. The SMILES string of the molecule is Cl.c1cnc2ccnc(-c3cn[nH]c3)c2c1. The zero-order chi connectivity index (χ0) is 10.1. The van der Waals surface area contributed by atoms with E-state index in [0.29, 0.717) is 0 Å². The van der Waals surface area contributed by atoms with Gasteiger partial charge in [-0.05, 0) is 18.2 Å². The summed E-state index contributed by atoms with van der Waals surface area (Å²) in [7, 11) is 0. The molecule has 0 aromatic carbocycles. The Morgan fingerprint density at radius 1 is 1.06 bits per heavy atom. The zero-order valence-electron chi connectivity index (χ0n) is 8.29. The molecule has 3 aromatic rings. The Morgan fingerprint density at radius 3 is 2.81 bits per heavy atom. The molecule has 5 heteroatoms. The highest BCUT2D eigenvalue weighted by atomic mass is 35.5. The van der Waals surface area contributed by atoms with Gasteiger partial charge in [0.1, 0.15) is 0 Å². The van der Waals surface area contributed by atoms with Crippen molar-refractivity contribution in [3.05, 3.63) is 43.0 Å². The number of rotatable bonds is 1. The molecule has 1 N–H and O–H groups in total. The number of nitrogens with one attached hydrogen (secondary N) is 1. The first kappa shape index (κ1) is 10.6. The lowest BCUT2D eigenvalue weighted by atomic mass is 10.1. The monoisotopic (exact) mass is 232 g/mol. The standard InChI is InChI=1S/C11H8N4.ClH/c1-2-9-10(12-4-1)3-5-13-11(9)8-6-14-15-7-8;/h1-7H,(H,14,15);1H. The first-order chi connectivity index (χ1) is 7.45. The maximum Gasteiger partial charge on any atom is 0.0827 e. The average molecular weight is 233 g/mol. The van der Waals surface area contributed by atoms with Crippen molar-refractivity contribution >= 4 is 23.3 Å². The van der Waals surface area contributed by atoms with Gasteiger partial charge in [0.2, 0.25) is 0 Å². The molecule has 0 aliphatic heterocycles. The quantitative estimate of drug-likeness (QED) is 0.701. The number of halogens is 1. The number of aromatic amines is 1. The highest BCUT2D eigenvalue weighted by molar-refractivity contribution is 5.91. The molecule has 0 saturated carbocycles. The lowest BCUT2D eigenvalue weighted by molar-refractivity contribution is 1.09. The van der Waals surface area contributed by atoms with Crippen molar-refractivity contribution in [2.45, 2.75) is 0 Å². The van der Waals surface area contributed by atoms with E-state index < -0.39 is 0 Å². The van der Waals surface area contributed by atoms with Crippen LogP contribution in [0.15, 0.2) is 43.0 Å². The fourth-order valence-electron chi connectivity index (χ4n) is 1.61. The van der Waals surface area contributed by atoms with Gasteiger partial charge in [-0.15, -0.1) is 12.4 Å².